The number of sulfonamides is 1. The monoisotopic (exact) mass is 325 g/mol. The lowest BCUT2D eigenvalue weighted by Crippen LogP contribution is -2.41. The first-order chi connectivity index (χ1) is 8.84. The molecule has 1 aromatic rings. The average molecular weight is 326 g/mol. The van der Waals surface area contributed by atoms with E-state index in [1.54, 1.807) is 0 Å². The van der Waals surface area contributed by atoms with Crippen LogP contribution < -0.4 is 0 Å². The minimum absolute atomic E-state index is 0.0125. The van der Waals surface area contributed by atoms with Crippen LogP contribution in [-0.4, -0.2) is 41.5 Å². The summed E-state index contributed by atoms with van der Waals surface area (Å²) in [5, 5.41) is 9.04. The van der Waals surface area contributed by atoms with Crippen molar-refractivity contribution in [1.82, 2.24) is 4.31 Å². The molecule has 0 saturated carbocycles. The lowest BCUT2D eigenvalue weighted by atomic mass is 10.3. The molecule has 0 aromatic heterocycles. The van der Waals surface area contributed by atoms with Gasteiger partial charge in [0, 0.05) is 10.8 Å². The predicted molar refractivity (Wildman–Crippen MR) is 69.2 cm³/mol. The molecule has 0 radical (unpaired) electrons. The van der Waals surface area contributed by atoms with E-state index in [1.807, 2.05) is 0 Å². The topological polar surface area (TPSA) is 74.7 Å². The highest BCUT2D eigenvalue weighted by molar-refractivity contribution is 8.00. The molecular weight excluding hydrogens is 317 g/mol. The van der Waals surface area contributed by atoms with Gasteiger partial charge in [0.2, 0.25) is 10.0 Å². The highest BCUT2D eigenvalue weighted by Gasteiger charge is 2.41. The van der Waals surface area contributed by atoms with Crippen LogP contribution in [0.3, 0.4) is 0 Å². The Kier molecular flexibility index (Phi) is 4.05. The van der Waals surface area contributed by atoms with Crippen LogP contribution in [-0.2, 0) is 14.8 Å². The molecule has 1 aliphatic rings. The second kappa shape index (κ2) is 5.28. The average Bonchev–Trinajstić information content (AvgIpc) is 2.77. The maximum absolute atomic E-state index is 13.7. The highest BCUT2D eigenvalue weighted by atomic mass is 35.5. The summed E-state index contributed by atoms with van der Waals surface area (Å²) in [5.41, 5.74) is 0. The Morgan fingerprint density at radius 2 is 2.21 bits per heavy atom. The summed E-state index contributed by atoms with van der Waals surface area (Å²) in [6, 6.07) is 1.99. The van der Waals surface area contributed by atoms with Gasteiger partial charge < -0.3 is 5.11 Å². The van der Waals surface area contributed by atoms with E-state index >= 15 is 0 Å². The van der Waals surface area contributed by atoms with Crippen molar-refractivity contribution < 1.29 is 22.7 Å². The van der Waals surface area contributed by atoms with Crippen molar-refractivity contribution in [1.29, 1.82) is 0 Å². The van der Waals surface area contributed by atoms with E-state index in [-0.39, 0.29) is 16.7 Å². The van der Waals surface area contributed by atoms with E-state index in [9.17, 15) is 17.6 Å². The molecule has 1 fully saturated rings. The number of aliphatic carboxylic acids is 1. The van der Waals surface area contributed by atoms with Crippen LogP contribution >= 0.6 is 23.4 Å². The van der Waals surface area contributed by atoms with Crippen LogP contribution in [0.25, 0.3) is 0 Å². The van der Waals surface area contributed by atoms with Crippen molar-refractivity contribution in [3.63, 3.8) is 0 Å². The highest BCUT2D eigenvalue weighted by Crippen LogP contribution is 2.30. The van der Waals surface area contributed by atoms with E-state index < -0.39 is 32.7 Å². The van der Waals surface area contributed by atoms with E-state index in [0.717, 1.165) is 16.4 Å². The summed E-state index contributed by atoms with van der Waals surface area (Å²) in [7, 11) is -4.18. The van der Waals surface area contributed by atoms with Crippen molar-refractivity contribution in [3.8, 4) is 0 Å². The first-order valence-electron chi connectivity index (χ1n) is 5.11. The van der Waals surface area contributed by atoms with Gasteiger partial charge in [0.1, 0.15) is 16.8 Å². The van der Waals surface area contributed by atoms with E-state index in [4.69, 9.17) is 16.7 Å². The van der Waals surface area contributed by atoms with Crippen LogP contribution in [0.1, 0.15) is 0 Å². The first kappa shape index (κ1) is 14.6. The standard InChI is InChI=1S/C10H9ClFNO4S2/c11-6-1-2-9(7(12)3-6)19(16,17)13-5-18-4-8(13)10(14)15/h1-3,8H,4-5H2,(H,14,15). The van der Waals surface area contributed by atoms with Crippen molar-refractivity contribution in [3.05, 3.63) is 29.0 Å². The Bertz CT molecular complexity index is 622. The number of hydrogen-bond acceptors (Lipinski definition) is 4. The maximum atomic E-state index is 13.7. The Labute approximate surface area is 118 Å². The number of halogens is 2. The molecule has 9 heteroatoms. The molecule has 19 heavy (non-hydrogen) atoms. The van der Waals surface area contributed by atoms with Crippen LogP contribution in [0.15, 0.2) is 23.1 Å². The number of carboxylic acid groups (broad SMARTS) is 1. The minimum atomic E-state index is -4.18. The van der Waals surface area contributed by atoms with Crippen molar-refractivity contribution in [2.24, 2.45) is 0 Å². The number of hydrogen-bond donors (Lipinski definition) is 1. The second-order valence-electron chi connectivity index (χ2n) is 3.82. The van der Waals surface area contributed by atoms with Gasteiger partial charge in [-0.3, -0.25) is 4.79 Å². The van der Waals surface area contributed by atoms with Gasteiger partial charge in [0.05, 0.1) is 5.88 Å². The van der Waals surface area contributed by atoms with Crippen molar-refractivity contribution >= 4 is 39.4 Å². The minimum Gasteiger partial charge on any atom is -0.480 e. The summed E-state index contributed by atoms with van der Waals surface area (Å²) in [6.45, 7) is 0. The Morgan fingerprint density at radius 3 is 2.79 bits per heavy atom. The number of carboxylic acids is 1. The molecule has 104 valence electrons. The zero-order valence-electron chi connectivity index (χ0n) is 9.42. The van der Waals surface area contributed by atoms with Gasteiger partial charge in [-0.1, -0.05) is 11.6 Å². The van der Waals surface area contributed by atoms with E-state index in [2.05, 4.69) is 0 Å². The third-order valence-corrected chi connectivity index (χ3v) is 5.91. The van der Waals surface area contributed by atoms with Gasteiger partial charge in [-0.05, 0) is 18.2 Å². The fraction of sp³-hybridized carbons (Fsp3) is 0.300. The summed E-state index contributed by atoms with van der Waals surface area (Å²) < 4.78 is 39.0. The summed E-state index contributed by atoms with van der Waals surface area (Å²) in [6.07, 6.45) is 0. The number of nitrogens with zero attached hydrogens (tertiary/aromatic N) is 1. The molecule has 0 bridgehead atoms. The molecule has 1 unspecified atom stereocenters. The molecule has 1 aromatic carbocycles. The lowest BCUT2D eigenvalue weighted by Gasteiger charge is -2.20. The summed E-state index contributed by atoms with van der Waals surface area (Å²) >= 11 is 6.73. The molecule has 1 aliphatic heterocycles. The van der Waals surface area contributed by atoms with Gasteiger partial charge >= 0.3 is 5.97 Å². The fourth-order valence-electron chi connectivity index (χ4n) is 1.67. The van der Waals surface area contributed by atoms with Crippen LogP contribution in [0.4, 0.5) is 4.39 Å². The maximum Gasteiger partial charge on any atom is 0.322 e. The molecule has 0 amide bonds. The van der Waals surface area contributed by atoms with Crippen LogP contribution in [0.5, 0.6) is 0 Å². The van der Waals surface area contributed by atoms with Crippen LogP contribution in [0.2, 0.25) is 5.02 Å². The molecule has 1 N–H and O–H groups in total. The number of thioether (sulfide) groups is 1. The molecule has 0 aliphatic carbocycles. The Hall–Kier alpha value is -0.830. The van der Waals surface area contributed by atoms with Gasteiger partial charge in [-0.25, -0.2) is 12.8 Å². The lowest BCUT2D eigenvalue weighted by molar-refractivity contribution is -0.140. The van der Waals surface area contributed by atoms with Gasteiger partial charge in [0.15, 0.2) is 0 Å². The summed E-state index contributed by atoms with van der Waals surface area (Å²) in [5.74, 6) is -2.11. The third kappa shape index (κ3) is 2.71. The molecule has 1 atom stereocenters. The number of benzene rings is 1. The van der Waals surface area contributed by atoms with Gasteiger partial charge in [0.25, 0.3) is 0 Å². The quantitative estimate of drug-likeness (QED) is 0.914. The molecule has 1 heterocycles. The Balaban J connectivity index is 2.45. The van der Waals surface area contributed by atoms with Crippen molar-refractivity contribution in [2.45, 2.75) is 10.9 Å². The van der Waals surface area contributed by atoms with Gasteiger partial charge in [-0.2, -0.15) is 4.31 Å². The first-order valence-corrected chi connectivity index (χ1v) is 8.09. The molecule has 5 nitrogen and oxygen atoms in total. The third-order valence-electron chi connectivity index (χ3n) is 2.61. The zero-order chi connectivity index (χ0) is 14.2. The normalized spacial score (nSPS) is 20.6. The van der Waals surface area contributed by atoms with Gasteiger partial charge in [-0.15, -0.1) is 11.8 Å². The van der Waals surface area contributed by atoms with Crippen LogP contribution in [0, 0.1) is 5.82 Å². The number of rotatable bonds is 3. The smallest absolute Gasteiger partial charge is 0.322 e. The number of carbonyl (C=O) groups is 1. The summed E-state index contributed by atoms with van der Waals surface area (Å²) in [4.78, 5) is 10.4. The molecular formula is C10H9ClFNO4S2. The fourth-order valence-corrected chi connectivity index (χ4v) is 5.01. The zero-order valence-corrected chi connectivity index (χ0v) is 11.8. The Morgan fingerprint density at radius 1 is 1.53 bits per heavy atom. The van der Waals surface area contributed by atoms with Crippen molar-refractivity contribution in [2.75, 3.05) is 11.6 Å². The van der Waals surface area contributed by atoms with E-state index in [0.29, 0.717) is 0 Å². The SMILES string of the molecule is O=C(O)C1CSCN1S(=O)(=O)c1ccc(Cl)cc1F. The predicted octanol–water partition coefficient (Wildman–Crippen LogP) is 1.63. The molecule has 2 rings (SSSR count). The second-order valence-corrected chi connectivity index (χ2v) is 7.12. The molecule has 0 spiro atoms. The van der Waals surface area contributed by atoms with E-state index in [1.165, 1.54) is 17.8 Å². The molecule has 1 saturated heterocycles. The largest absolute Gasteiger partial charge is 0.480 e.